The van der Waals surface area contributed by atoms with Gasteiger partial charge < -0.3 is 9.63 Å². The molecule has 0 atom stereocenters. The Morgan fingerprint density at radius 3 is 2.53 bits per heavy atom. The molecule has 5 nitrogen and oxygen atoms in total. The fourth-order valence-corrected chi connectivity index (χ4v) is 0.989. The zero-order chi connectivity index (χ0) is 12.7. The second kappa shape index (κ2) is 6.37. The fraction of sp³-hybridized carbons (Fsp3) is 0.182. The third-order valence-electron chi connectivity index (χ3n) is 1.83. The van der Waals surface area contributed by atoms with Gasteiger partial charge in [0.05, 0.1) is 5.56 Å². The molecule has 1 aromatic carbocycles. The first-order valence-electron chi connectivity index (χ1n) is 4.82. The Morgan fingerprint density at radius 2 is 1.94 bits per heavy atom. The SMILES string of the molecule is O=CCCC(=O)NOC(=O)c1ccc(F)cc1. The van der Waals surface area contributed by atoms with Crippen LogP contribution in [0.1, 0.15) is 23.2 Å². The van der Waals surface area contributed by atoms with Gasteiger partial charge in [-0.05, 0) is 24.3 Å². The summed E-state index contributed by atoms with van der Waals surface area (Å²) >= 11 is 0. The summed E-state index contributed by atoms with van der Waals surface area (Å²) in [6, 6.07) is 4.67. The van der Waals surface area contributed by atoms with Crippen molar-refractivity contribution in [2.75, 3.05) is 0 Å². The summed E-state index contributed by atoms with van der Waals surface area (Å²) in [5.74, 6) is -1.85. The third kappa shape index (κ3) is 4.42. The second-order valence-corrected chi connectivity index (χ2v) is 3.13. The first kappa shape index (κ1) is 12.8. The minimum atomic E-state index is -0.801. The van der Waals surface area contributed by atoms with Crippen molar-refractivity contribution in [3.8, 4) is 0 Å². The first-order valence-corrected chi connectivity index (χ1v) is 4.82. The number of hydroxylamine groups is 1. The van der Waals surface area contributed by atoms with Crippen molar-refractivity contribution in [2.24, 2.45) is 0 Å². The Kier molecular flexibility index (Phi) is 4.80. The van der Waals surface area contributed by atoms with Crippen LogP contribution in [0, 0.1) is 5.82 Å². The minimum absolute atomic E-state index is 0.0554. The quantitative estimate of drug-likeness (QED) is 0.628. The molecular weight excluding hydrogens is 229 g/mol. The number of hydrogen-bond donors (Lipinski definition) is 1. The fourth-order valence-electron chi connectivity index (χ4n) is 0.989. The average molecular weight is 239 g/mol. The van der Waals surface area contributed by atoms with Gasteiger partial charge in [-0.2, -0.15) is 5.48 Å². The highest BCUT2D eigenvalue weighted by molar-refractivity contribution is 5.90. The molecule has 0 unspecified atom stereocenters. The molecular formula is C11H10FNO4. The van der Waals surface area contributed by atoms with Crippen LogP contribution in [-0.4, -0.2) is 18.2 Å². The molecule has 0 aliphatic carbocycles. The van der Waals surface area contributed by atoms with Gasteiger partial charge >= 0.3 is 5.97 Å². The van der Waals surface area contributed by atoms with Crippen LogP contribution in [0.4, 0.5) is 4.39 Å². The standard InChI is InChI=1S/C11H10FNO4/c12-9-5-3-8(4-6-9)11(16)17-13-10(15)2-1-7-14/h3-7H,1-2H2,(H,13,15). The van der Waals surface area contributed by atoms with Gasteiger partial charge in [-0.15, -0.1) is 0 Å². The number of halogens is 1. The number of carbonyl (C=O) groups is 3. The highest BCUT2D eigenvalue weighted by Crippen LogP contribution is 2.03. The van der Waals surface area contributed by atoms with Crippen molar-refractivity contribution in [2.45, 2.75) is 12.8 Å². The first-order chi connectivity index (χ1) is 8.13. The van der Waals surface area contributed by atoms with E-state index in [1.54, 1.807) is 0 Å². The lowest BCUT2D eigenvalue weighted by Crippen LogP contribution is -2.26. The highest BCUT2D eigenvalue weighted by atomic mass is 19.1. The zero-order valence-electron chi connectivity index (χ0n) is 8.81. The Morgan fingerprint density at radius 1 is 1.29 bits per heavy atom. The Labute approximate surface area is 96.5 Å². The van der Waals surface area contributed by atoms with Crippen molar-refractivity contribution in [1.82, 2.24) is 5.48 Å². The van der Waals surface area contributed by atoms with Gasteiger partial charge in [-0.3, -0.25) is 4.79 Å². The van der Waals surface area contributed by atoms with Crippen LogP contribution in [0.15, 0.2) is 24.3 Å². The van der Waals surface area contributed by atoms with E-state index in [-0.39, 0.29) is 18.4 Å². The monoisotopic (exact) mass is 239 g/mol. The summed E-state index contributed by atoms with van der Waals surface area (Å²) in [6.07, 6.45) is 0.585. The molecule has 17 heavy (non-hydrogen) atoms. The number of nitrogens with one attached hydrogen (secondary N) is 1. The second-order valence-electron chi connectivity index (χ2n) is 3.13. The van der Waals surface area contributed by atoms with Gasteiger partial charge in [0.2, 0.25) is 0 Å². The van der Waals surface area contributed by atoms with Gasteiger partial charge in [0.15, 0.2) is 0 Å². The van der Waals surface area contributed by atoms with Gasteiger partial charge in [0.1, 0.15) is 12.1 Å². The normalized spacial score (nSPS) is 9.47. The van der Waals surface area contributed by atoms with E-state index in [9.17, 15) is 18.8 Å². The van der Waals surface area contributed by atoms with E-state index in [2.05, 4.69) is 4.84 Å². The summed E-state index contributed by atoms with van der Waals surface area (Å²) in [5, 5.41) is 0. The van der Waals surface area contributed by atoms with E-state index < -0.39 is 17.7 Å². The lowest BCUT2D eigenvalue weighted by atomic mass is 10.2. The maximum absolute atomic E-state index is 12.5. The van der Waals surface area contributed by atoms with Gasteiger partial charge in [0.25, 0.3) is 5.91 Å². The van der Waals surface area contributed by atoms with Gasteiger partial charge in [0, 0.05) is 12.8 Å². The summed E-state index contributed by atoms with van der Waals surface area (Å²) in [6.45, 7) is 0. The molecule has 0 aromatic heterocycles. The van der Waals surface area contributed by atoms with E-state index in [4.69, 9.17) is 0 Å². The van der Waals surface area contributed by atoms with Crippen LogP contribution in [0.3, 0.4) is 0 Å². The molecule has 6 heteroatoms. The third-order valence-corrected chi connectivity index (χ3v) is 1.83. The topological polar surface area (TPSA) is 72.5 Å². The number of rotatable bonds is 4. The van der Waals surface area contributed by atoms with Crippen molar-refractivity contribution in [3.05, 3.63) is 35.6 Å². The Balaban J connectivity index is 2.42. The largest absolute Gasteiger partial charge is 0.362 e. The molecule has 0 bridgehead atoms. The van der Waals surface area contributed by atoms with Crippen molar-refractivity contribution < 1.29 is 23.6 Å². The molecule has 0 aliphatic heterocycles. The van der Waals surface area contributed by atoms with E-state index in [0.29, 0.717) is 6.29 Å². The predicted molar refractivity (Wildman–Crippen MR) is 55.3 cm³/mol. The lowest BCUT2D eigenvalue weighted by Gasteiger charge is -2.04. The molecule has 1 N–H and O–H groups in total. The van der Waals surface area contributed by atoms with Crippen LogP contribution in [0.5, 0.6) is 0 Å². The molecule has 1 rings (SSSR count). The van der Waals surface area contributed by atoms with Gasteiger partial charge in [-0.25, -0.2) is 9.18 Å². The lowest BCUT2D eigenvalue weighted by molar-refractivity contribution is -0.130. The predicted octanol–water partition coefficient (Wildman–Crippen LogP) is 0.993. The minimum Gasteiger partial charge on any atom is -0.335 e. The molecule has 0 aliphatic rings. The molecule has 0 radical (unpaired) electrons. The van der Waals surface area contributed by atoms with Crippen LogP contribution >= 0.6 is 0 Å². The molecule has 1 amide bonds. The van der Waals surface area contributed by atoms with E-state index in [1.165, 1.54) is 12.1 Å². The van der Waals surface area contributed by atoms with Crippen molar-refractivity contribution in [3.63, 3.8) is 0 Å². The van der Waals surface area contributed by atoms with Crippen LogP contribution in [0.2, 0.25) is 0 Å². The van der Waals surface area contributed by atoms with Crippen molar-refractivity contribution in [1.29, 1.82) is 0 Å². The van der Waals surface area contributed by atoms with E-state index in [1.807, 2.05) is 5.48 Å². The van der Waals surface area contributed by atoms with Crippen LogP contribution < -0.4 is 5.48 Å². The molecule has 0 fully saturated rings. The number of amides is 1. The summed E-state index contributed by atoms with van der Waals surface area (Å²) < 4.78 is 12.5. The molecule has 1 aromatic rings. The van der Waals surface area contributed by atoms with Gasteiger partial charge in [-0.1, -0.05) is 0 Å². The molecule has 0 spiro atoms. The molecule has 0 saturated carbocycles. The Hall–Kier alpha value is -2.24. The summed E-state index contributed by atoms with van der Waals surface area (Å²) in [7, 11) is 0. The Bertz CT molecular complexity index is 416. The number of carbonyl (C=O) groups excluding carboxylic acids is 3. The van der Waals surface area contributed by atoms with E-state index >= 15 is 0 Å². The highest BCUT2D eigenvalue weighted by Gasteiger charge is 2.09. The van der Waals surface area contributed by atoms with Crippen molar-refractivity contribution >= 4 is 18.2 Å². The van der Waals surface area contributed by atoms with Crippen LogP contribution in [0.25, 0.3) is 0 Å². The summed E-state index contributed by atoms with van der Waals surface area (Å²) in [5.41, 5.74) is 2.00. The number of benzene rings is 1. The average Bonchev–Trinajstić information content (AvgIpc) is 2.34. The van der Waals surface area contributed by atoms with E-state index in [0.717, 1.165) is 12.1 Å². The maximum atomic E-state index is 12.5. The zero-order valence-corrected chi connectivity index (χ0v) is 8.81. The molecule has 90 valence electrons. The molecule has 0 heterocycles. The maximum Gasteiger partial charge on any atom is 0.362 e. The smallest absolute Gasteiger partial charge is 0.335 e. The molecule has 0 saturated heterocycles. The number of hydrogen-bond acceptors (Lipinski definition) is 4. The summed E-state index contributed by atoms with van der Waals surface area (Å²) in [4.78, 5) is 36.7. The number of aldehydes is 1. The van der Waals surface area contributed by atoms with Crippen LogP contribution in [-0.2, 0) is 14.4 Å².